The molecule has 1 aromatic carbocycles. The van der Waals surface area contributed by atoms with E-state index < -0.39 is 41.1 Å². The zero-order chi connectivity index (χ0) is 26.8. The molecular weight excluding hydrogens is 685 g/mol. The standard InChI is InChI=1S/C24H35FI2N2O6/c1-23(2,3)34-20(30)10-8-18(21(31)35-24(4,5)6)28-22(32)33-16-7-9-19(17(25)15-16)29(13-11-26)14-12-27/h7,9,15,18H,8,10-14H2,1-6H3,(H,28,32)/t18-/m0/s1. The highest BCUT2D eigenvalue weighted by Crippen LogP contribution is 2.25. The highest BCUT2D eigenvalue weighted by molar-refractivity contribution is 14.1. The Hall–Kier alpha value is -1.38. The van der Waals surface area contributed by atoms with E-state index in [0.717, 1.165) is 14.9 Å². The van der Waals surface area contributed by atoms with Crippen LogP contribution in [0.15, 0.2) is 18.2 Å². The van der Waals surface area contributed by atoms with Crippen LogP contribution in [-0.2, 0) is 19.1 Å². The van der Waals surface area contributed by atoms with E-state index in [1.165, 1.54) is 6.07 Å². The van der Waals surface area contributed by atoms with E-state index in [-0.39, 0.29) is 18.6 Å². The maximum Gasteiger partial charge on any atom is 0.413 e. The summed E-state index contributed by atoms with van der Waals surface area (Å²) in [6.07, 6.45) is -1.13. The molecule has 1 aromatic rings. The number of alkyl halides is 2. The summed E-state index contributed by atoms with van der Waals surface area (Å²) in [5.41, 5.74) is -1.05. The predicted octanol–water partition coefficient (Wildman–Crippen LogP) is 5.42. The van der Waals surface area contributed by atoms with Gasteiger partial charge in [0.25, 0.3) is 0 Å². The summed E-state index contributed by atoms with van der Waals surface area (Å²) in [4.78, 5) is 39.2. The number of ether oxygens (including phenoxy) is 3. The number of nitrogens with one attached hydrogen (secondary N) is 1. The van der Waals surface area contributed by atoms with Gasteiger partial charge in [-0.25, -0.2) is 14.0 Å². The second kappa shape index (κ2) is 14.4. The molecule has 0 saturated heterocycles. The van der Waals surface area contributed by atoms with Gasteiger partial charge >= 0.3 is 18.0 Å². The summed E-state index contributed by atoms with van der Waals surface area (Å²) in [7, 11) is 0. The highest BCUT2D eigenvalue weighted by atomic mass is 127. The quantitative estimate of drug-likeness (QED) is 0.186. The maximum atomic E-state index is 14.7. The Morgan fingerprint density at radius 2 is 1.57 bits per heavy atom. The number of nitrogens with zero attached hydrogens (tertiary/aromatic N) is 1. The Bertz CT molecular complexity index is 865. The van der Waals surface area contributed by atoms with E-state index in [1.807, 2.05) is 4.90 Å². The van der Waals surface area contributed by atoms with Crippen LogP contribution in [0.2, 0.25) is 0 Å². The van der Waals surface area contributed by atoms with Gasteiger partial charge in [-0.2, -0.15) is 0 Å². The van der Waals surface area contributed by atoms with Gasteiger partial charge in [0.1, 0.15) is 28.8 Å². The van der Waals surface area contributed by atoms with Crippen LogP contribution in [0.5, 0.6) is 5.75 Å². The number of benzene rings is 1. The van der Waals surface area contributed by atoms with Crippen molar-refractivity contribution in [3.05, 3.63) is 24.0 Å². The maximum absolute atomic E-state index is 14.7. The minimum Gasteiger partial charge on any atom is -0.460 e. The first kappa shape index (κ1) is 31.6. The number of esters is 2. The third-order valence-corrected chi connectivity index (χ3v) is 5.18. The largest absolute Gasteiger partial charge is 0.460 e. The Morgan fingerprint density at radius 1 is 1.00 bits per heavy atom. The van der Waals surface area contributed by atoms with Crippen molar-refractivity contribution in [3.8, 4) is 5.75 Å². The van der Waals surface area contributed by atoms with Crippen LogP contribution < -0.4 is 15.0 Å². The molecule has 0 aromatic heterocycles. The molecule has 0 bridgehead atoms. The summed E-state index contributed by atoms with van der Waals surface area (Å²) < 4.78 is 32.3. The second-order valence-corrected chi connectivity index (χ2v) is 11.9. The Balaban J connectivity index is 2.91. The van der Waals surface area contributed by atoms with Crippen LogP contribution in [-0.4, -0.2) is 57.2 Å². The summed E-state index contributed by atoms with van der Waals surface area (Å²) in [5, 5.41) is 2.43. The van der Waals surface area contributed by atoms with E-state index in [2.05, 4.69) is 50.5 Å². The third-order valence-electron chi connectivity index (χ3n) is 4.22. The molecule has 0 radical (unpaired) electrons. The number of carbonyl (C=O) groups is 3. The molecule has 11 heteroatoms. The van der Waals surface area contributed by atoms with Gasteiger partial charge < -0.3 is 24.4 Å². The number of rotatable bonds is 11. The van der Waals surface area contributed by atoms with Gasteiger partial charge in [-0.15, -0.1) is 0 Å². The first-order valence-corrected chi connectivity index (χ1v) is 14.3. The Kier molecular flexibility index (Phi) is 13.0. The highest BCUT2D eigenvalue weighted by Gasteiger charge is 2.29. The van der Waals surface area contributed by atoms with Crippen molar-refractivity contribution in [3.63, 3.8) is 0 Å². The lowest BCUT2D eigenvalue weighted by Gasteiger charge is -2.25. The molecular formula is C24H35FI2N2O6. The zero-order valence-electron chi connectivity index (χ0n) is 21.1. The van der Waals surface area contributed by atoms with E-state index in [9.17, 15) is 18.8 Å². The average Bonchev–Trinajstić information content (AvgIpc) is 2.68. The molecule has 1 rings (SSSR count). The van der Waals surface area contributed by atoms with E-state index >= 15 is 0 Å². The second-order valence-electron chi connectivity index (χ2n) is 9.72. The molecule has 0 fully saturated rings. The number of anilines is 1. The molecule has 0 aliphatic carbocycles. The fourth-order valence-corrected chi connectivity index (χ4v) is 4.08. The minimum atomic E-state index is -1.15. The molecule has 0 aliphatic heterocycles. The van der Waals surface area contributed by atoms with Crippen molar-refractivity contribution in [1.82, 2.24) is 5.32 Å². The van der Waals surface area contributed by atoms with Crippen LogP contribution in [0.25, 0.3) is 0 Å². The van der Waals surface area contributed by atoms with Crippen molar-refractivity contribution in [2.45, 2.75) is 71.6 Å². The fourth-order valence-electron chi connectivity index (χ4n) is 2.92. The van der Waals surface area contributed by atoms with Gasteiger partial charge in [-0.05, 0) is 60.1 Å². The van der Waals surface area contributed by atoms with E-state index in [0.29, 0.717) is 18.8 Å². The van der Waals surface area contributed by atoms with Gasteiger partial charge in [0, 0.05) is 34.4 Å². The third kappa shape index (κ3) is 12.9. The first-order chi connectivity index (χ1) is 16.1. The van der Waals surface area contributed by atoms with Crippen LogP contribution in [0.4, 0.5) is 14.9 Å². The van der Waals surface area contributed by atoms with Gasteiger partial charge in [-0.3, -0.25) is 4.79 Å². The number of halogens is 3. The van der Waals surface area contributed by atoms with Crippen LogP contribution in [0, 0.1) is 5.82 Å². The molecule has 0 saturated carbocycles. The van der Waals surface area contributed by atoms with Crippen LogP contribution in [0.3, 0.4) is 0 Å². The summed E-state index contributed by atoms with van der Waals surface area (Å²) >= 11 is 4.47. The molecule has 198 valence electrons. The van der Waals surface area contributed by atoms with Crippen LogP contribution in [0.1, 0.15) is 54.4 Å². The van der Waals surface area contributed by atoms with Crippen molar-refractivity contribution in [2.24, 2.45) is 0 Å². The number of hydrogen-bond acceptors (Lipinski definition) is 7. The number of amides is 1. The van der Waals surface area contributed by atoms with Crippen LogP contribution >= 0.6 is 45.2 Å². The lowest BCUT2D eigenvalue weighted by atomic mass is 10.1. The lowest BCUT2D eigenvalue weighted by Crippen LogP contribution is -2.45. The lowest BCUT2D eigenvalue weighted by molar-refractivity contribution is -0.158. The molecule has 0 unspecified atom stereocenters. The van der Waals surface area contributed by atoms with E-state index in [1.54, 1.807) is 47.6 Å². The predicted molar refractivity (Wildman–Crippen MR) is 150 cm³/mol. The fraction of sp³-hybridized carbons (Fsp3) is 0.625. The zero-order valence-corrected chi connectivity index (χ0v) is 25.4. The molecule has 0 spiro atoms. The normalized spacial score (nSPS) is 12.5. The van der Waals surface area contributed by atoms with Crippen molar-refractivity contribution < 1.29 is 33.0 Å². The van der Waals surface area contributed by atoms with Crippen molar-refractivity contribution in [2.75, 3.05) is 26.8 Å². The van der Waals surface area contributed by atoms with Gasteiger partial charge in [0.2, 0.25) is 0 Å². The molecule has 1 N–H and O–H groups in total. The number of carbonyl (C=O) groups excluding carboxylic acids is 3. The van der Waals surface area contributed by atoms with E-state index in [4.69, 9.17) is 14.2 Å². The molecule has 1 atom stereocenters. The van der Waals surface area contributed by atoms with Crippen molar-refractivity contribution >= 4 is 68.9 Å². The SMILES string of the molecule is CC(C)(C)OC(=O)CC[C@H](NC(=O)Oc1ccc(N(CCI)CCI)c(F)c1)C(=O)OC(C)(C)C. The summed E-state index contributed by atoms with van der Waals surface area (Å²) in [6.45, 7) is 11.7. The molecule has 8 nitrogen and oxygen atoms in total. The van der Waals surface area contributed by atoms with Crippen molar-refractivity contribution in [1.29, 1.82) is 0 Å². The molecule has 1 amide bonds. The Morgan fingerprint density at radius 3 is 2.06 bits per heavy atom. The van der Waals surface area contributed by atoms with Gasteiger partial charge in [0.15, 0.2) is 0 Å². The molecule has 35 heavy (non-hydrogen) atoms. The van der Waals surface area contributed by atoms with Gasteiger partial charge in [0.05, 0.1) is 5.69 Å². The Labute approximate surface area is 234 Å². The minimum absolute atomic E-state index is 0.0114. The monoisotopic (exact) mass is 720 g/mol. The molecule has 0 aliphatic rings. The first-order valence-electron chi connectivity index (χ1n) is 11.2. The smallest absolute Gasteiger partial charge is 0.413 e. The summed E-state index contributed by atoms with van der Waals surface area (Å²) in [6, 6.07) is 3.03. The molecule has 0 heterocycles. The number of hydrogen-bond donors (Lipinski definition) is 1. The average molecular weight is 720 g/mol. The van der Waals surface area contributed by atoms with Gasteiger partial charge in [-0.1, -0.05) is 45.2 Å². The summed E-state index contributed by atoms with van der Waals surface area (Å²) in [5.74, 6) is -1.75. The topological polar surface area (TPSA) is 94.2 Å².